The van der Waals surface area contributed by atoms with Gasteiger partial charge in [-0.3, -0.25) is 9.59 Å². The van der Waals surface area contributed by atoms with Crippen molar-refractivity contribution in [3.63, 3.8) is 0 Å². The van der Waals surface area contributed by atoms with E-state index in [4.69, 9.17) is 0 Å². The lowest BCUT2D eigenvalue weighted by Gasteiger charge is -2.22. The van der Waals surface area contributed by atoms with E-state index in [1.54, 1.807) is 4.68 Å². The number of rotatable bonds is 3. The van der Waals surface area contributed by atoms with Crippen LogP contribution < -0.4 is 10.6 Å². The van der Waals surface area contributed by atoms with E-state index in [-0.39, 0.29) is 23.8 Å². The normalized spacial score (nSPS) is 16.7. The highest BCUT2D eigenvalue weighted by Gasteiger charge is 2.32. The SMILES string of the molecule is Cc1cc(NC(=O)CC2C(=O)Nc3ccccc32)n(C(C)(C)C)n1. The van der Waals surface area contributed by atoms with Gasteiger partial charge in [-0.2, -0.15) is 5.10 Å². The number of benzene rings is 1. The molecule has 0 saturated heterocycles. The number of anilines is 2. The molecule has 0 bridgehead atoms. The summed E-state index contributed by atoms with van der Waals surface area (Å²) in [7, 11) is 0. The fraction of sp³-hybridized carbons (Fsp3) is 0.389. The van der Waals surface area contributed by atoms with Crippen LogP contribution in [0.5, 0.6) is 0 Å². The Morgan fingerprint density at radius 3 is 2.75 bits per heavy atom. The molecule has 2 aromatic rings. The predicted molar refractivity (Wildman–Crippen MR) is 93.0 cm³/mol. The van der Waals surface area contributed by atoms with Crippen molar-refractivity contribution in [2.24, 2.45) is 0 Å². The molecule has 0 saturated carbocycles. The van der Waals surface area contributed by atoms with Crippen LogP contribution in [0.2, 0.25) is 0 Å². The zero-order valence-corrected chi connectivity index (χ0v) is 14.4. The van der Waals surface area contributed by atoms with E-state index in [1.165, 1.54) is 0 Å². The van der Waals surface area contributed by atoms with Gasteiger partial charge in [-0.1, -0.05) is 18.2 Å². The summed E-state index contributed by atoms with van der Waals surface area (Å²) in [4.78, 5) is 24.6. The largest absolute Gasteiger partial charge is 0.325 e. The van der Waals surface area contributed by atoms with Crippen molar-refractivity contribution in [2.75, 3.05) is 10.6 Å². The number of carbonyl (C=O) groups is 2. The van der Waals surface area contributed by atoms with Gasteiger partial charge in [0.25, 0.3) is 0 Å². The van der Waals surface area contributed by atoms with E-state index in [1.807, 2.05) is 58.0 Å². The lowest BCUT2D eigenvalue weighted by atomic mass is 9.97. The minimum absolute atomic E-state index is 0.108. The van der Waals surface area contributed by atoms with Crippen molar-refractivity contribution in [3.8, 4) is 0 Å². The standard InChI is InChI=1S/C18H22N4O2/c1-11-9-15(22(21-11)18(2,3)4)20-16(23)10-13-12-7-5-6-8-14(12)19-17(13)24/h5-9,13H,10H2,1-4H3,(H,19,24)(H,20,23). The van der Waals surface area contributed by atoms with Crippen molar-refractivity contribution in [1.82, 2.24) is 9.78 Å². The van der Waals surface area contributed by atoms with Crippen molar-refractivity contribution < 1.29 is 9.59 Å². The van der Waals surface area contributed by atoms with Crippen LogP contribution in [0.4, 0.5) is 11.5 Å². The minimum Gasteiger partial charge on any atom is -0.325 e. The third-order valence-electron chi connectivity index (χ3n) is 4.03. The van der Waals surface area contributed by atoms with E-state index in [2.05, 4.69) is 15.7 Å². The van der Waals surface area contributed by atoms with Crippen LogP contribution in [0.15, 0.2) is 30.3 Å². The van der Waals surface area contributed by atoms with Crippen LogP contribution in [0.25, 0.3) is 0 Å². The highest BCUT2D eigenvalue weighted by Crippen LogP contribution is 2.34. The predicted octanol–water partition coefficient (Wildman–Crippen LogP) is 3.01. The molecule has 6 heteroatoms. The van der Waals surface area contributed by atoms with Gasteiger partial charge in [0, 0.05) is 18.2 Å². The highest BCUT2D eigenvalue weighted by molar-refractivity contribution is 6.06. The Hall–Kier alpha value is -2.63. The molecule has 0 fully saturated rings. The maximum Gasteiger partial charge on any atom is 0.232 e. The number of carbonyl (C=O) groups excluding carboxylic acids is 2. The molecule has 0 spiro atoms. The molecule has 24 heavy (non-hydrogen) atoms. The van der Waals surface area contributed by atoms with Crippen LogP contribution >= 0.6 is 0 Å². The first-order valence-corrected chi connectivity index (χ1v) is 8.02. The smallest absolute Gasteiger partial charge is 0.232 e. The fourth-order valence-electron chi connectivity index (χ4n) is 2.96. The van der Waals surface area contributed by atoms with Crippen molar-refractivity contribution in [3.05, 3.63) is 41.6 Å². The Labute approximate surface area is 141 Å². The number of aryl methyl sites for hydroxylation is 1. The molecule has 1 aliphatic heterocycles. The quantitative estimate of drug-likeness (QED) is 0.910. The minimum atomic E-state index is -0.451. The van der Waals surface area contributed by atoms with Crippen molar-refractivity contribution >= 4 is 23.3 Å². The van der Waals surface area contributed by atoms with E-state index < -0.39 is 5.92 Å². The molecule has 6 nitrogen and oxygen atoms in total. The molecule has 2 heterocycles. The Balaban J connectivity index is 1.77. The summed E-state index contributed by atoms with van der Waals surface area (Å²) in [5.74, 6) is -0.130. The van der Waals surface area contributed by atoms with E-state index >= 15 is 0 Å². The maximum absolute atomic E-state index is 12.5. The van der Waals surface area contributed by atoms with Gasteiger partial charge in [-0.15, -0.1) is 0 Å². The van der Waals surface area contributed by atoms with Gasteiger partial charge in [0.2, 0.25) is 11.8 Å². The average Bonchev–Trinajstić information content (AvgIpc) is 3.00. The number of nitrogens with one attached hydrogen (secondary N) is 2. The van der Waals surface area contributed by atoms with E-state index in [0.29, 0.717) is 5.82 Å². The summed E-state index contributed by atoms with van der Waals surface area (Å²) in [6.07, 6.45) is 0.108. The molecule has 2 amide bonds. The number of amides is 2. The second kappa shape index (κ2) is 5.78. The Kier molecular flexibility index (Phi) is 3.91. The Bertz CT molecular complexity index is 802. The zero-order valence-electron chi connectivity index (χ0n) is 14.4. The molecule has 0 aliphatic carbocycles. The van der Waals surface area contributed by atoms with Gasteiger partial charge >= 0.3 is 0 Å². The second-order valence-corrected chi connectivity index (χ2v) is 7.13. The van der Waals surface area contributed by atoms with Gasteiger partial charge in [0.1, 0.15) is 5.82 Å². The zero-order chi connectivity index (χ0) is 17.5. The number of hydrogen-bond acceptors (Lipinski definition) is 3. The molecule has 1 unspecified atom stereocenters. The highest BCUT2D eigenvalue weighted by atomic mass is 16.2. The van der Waals surface area contributed by atoms with Crippen LogP contribution in [0.3, 0.4) is 0 Å². The number of para-hydroxylation sites is 1. The van der Waals surface area contributed by atoms with Crippen LogP contribution in [0.1, 0.15) is 44.4 Å². The molecule has 1 aromatic carbocycles. The van der Waals surface area contributed by atoms with Crippen molar-refractivity contribution in [1.29, 1.82) is 0 Å². The van der Waals surface area contributed by atoms with E-state index in [0.717, 1.165) is 16.9 Å². The lowest BCUT2D eigenvalue weighted by molar-refractivity contribution is -0.122. The molecule has 1 aromatic heterocycles. The summed E-state index contributed by atoms with van der Waals surface area (Å²) < 4.78 is 1.79. The fourth-order valence-corrected chi connectivity index (χ4v) is 2.96. The topological polar surface area (TPSA) is 76.0 Å². The van der Waals surface area contributed by atoms with Gasteiger partial charge in [-0.05, 0) is 39.3 Å². The molecule has 0 radical (unpaired) electrons. The molecular formula is C18H22N4O2. The van der Waals surface area contributed by atoms with Crippen LogP contribution in [0, 0.1) is 6.92 Å². The molecule has 1 aliphatic rings. The first kappa shape index (κ1) is 16.2. The summed E-state index contributed by atoms with van der Waals surface area (Å²) >= 11 is 0. The Morgan fingerprint density at radius 1 is 1.33 bits per heavy atom. The molecule has 2 N–H and O–H groups in total. The van der Waals surface area contributed by atoms with Crippen LogP contribution in [-0.2, 0) is 15.1 Å². The summed E-state index contributed by atoms with van der Waals surface area (Å²) in [5.41, 5.74) is 2.26. The molecule has 126 valence electrons. The van der Waals surface area contributed by atoms with Gasteiger partial charge in [0.15, 0.2) is 0 Å². The average molecular weight is 326 g/mol. The second-order valence-electron chi connectivity index (χ2n) is 7.13. The number of hydrogen-bond donors (Lipinski definition) is 2. The maximum atomic E-state index is 12.5. The summed E-state index contributed by atoms with van der Waals surface area (Å²) in [5, 5.41) is 10.2. The first-order chi connectivity index (χ1) is 11.3. The third-order valence-corrected chi connectivity index (χ3v) is 4.03. The Morgan fingerprint density at radius 2 is 2.04 bits per heavy atom. The van der Waals surface area contributed by atoms with Gasteiger partial charge in [-0.25, -0.2) is 4.68 Å². The molecule has 1 atom stereocenters. The van der Waals surface area contributed by atoms with Crippen molar-refractivity contribution in [2.45, 2.75) is 45.6 Å². The first-order valence-electron chi connectivity index (χ1n) is 8.02. The number of aromatic nitrogens is 2. The molecule has 3 rings (SSSR count). The summed E-state index contributed by atoms with van der Waals surface area (Å²) in [6, 6.07) is 9.32. The van der Waals surface area contributed by atoms with Crippen LogP contribution in [-0.4, -0.2) is 21.6 Å². The monoisotopic (exact) mass is 326 g/mol. The molecular weight excluding hydrogens is 304 g/mol. The van der Waals surface area contributed by atoms with Gasteiger partial charge < -0.3 is 10.6 Å². The van der Waals surface area contributed by atoms with E-state index in [9.17, 15) is 9.59 Å². The third kappa shape index (κ3) is 3.04. The number of fused-ring (bicyclic) bond motifs is 1. The van der Waals surface area contributed by atoms with Gasteiger partial charge in [0.05, 0.1) is 17.2 Å². The number of nitrogens with zero attached hydrogens (tertiary/aromatic N) is 2. The lowest BCUT2D eigenvalue weighted by Crippen LogP contribution is -2.27. The summed E-state index contributed by atoms with van der Waals surface area (Å²) in [6.45, 7) is 7.96.